The molecule has 1 atom stereocenters. The summed E-state index contributed by atoms with van der Waals surface area (Å²) >= 11 is 0. The Bertz CT molecular complexity index is 1060. The molecule has 4 rings (SSSR count). The average molecular weight is 486 g/mol. The van der Waals surface area contributed by atoms with Crippen molar-refractivity contribution >= 4 is 21.6 Å². The van der Waals surface area contributed by atoms with Crippen LogP contribution in [0.25, 0.3) is 0 Å². The summed E-state index contributed by atoms with van der Waals surface area (Å²) in [5, 5.41) is 3.13. The zero-order valence-electron chi connectivity index (χ0n) is 20.1. The molecule has 1 amide bonds. The van der Waals surface area contributed by atoms with E-state index in [-0.39, 0.29) is 22.8 Å². The van der Waals surface area contributed by atoms with Crippen LogP contribution in [0.5, 0.6) is 5.75 Å². The molecule has 2 saturated heterocycles. The van der Waals surface area contributed by atoms with E-state index >= 15 is 0 Å². The van der Waals surface area contributed by atoms with Gasteiger partial charge in [-0.15, -0.1) is 0 Å². The molecule has 0 saturated carbocycles. The monoisotopic (exact) mass is 485 g/mol. The largest absolute Gasteiger partial charge is 0.497 e. The minimum absolute atomic E-state index is 0.00546. The van der Waals surface area contributed by atoms with Gasteiger partial charge in [-0.3, -0.25) is 4.79 Å². The van der Waals surface area contributed by atoms with Gasteiger partial charge >= 0.3 is 0 Å². The van der Waals surface area contributed by atoms with Crippen molar-refractivity contribution in [2.45, 2.75) is 50.0 Å². The number of anilines is 1. The summed E-state index contributed by atoms with van der Waals surface area (Å²) in [6.45, 7) is 4.89. The van der Waals surface area contributed by atoms with Crippen LogP contribution in [0.2, 0.25) is 0 Å². The van der Waals surface area contributed by atoms with Crippen LogP contribution in [-0.2, 0) is 14.8 Å². The van der Waals surface area contributed by atoms with E-state index in [1.54, 1.807) is 31.4 Å². The molecule has 2 aromatic carbocycles. The SMILES string of the molecule is COc1ccc(S(=O)(=O)N2CCC(C(=O)N[C@H](C)c3ccc(N4CCCCC4)cc3)CC2)cc1. The van der Waals surface area contributed by atoms with E-state index in [9.17, 15) is 13.2 Å². The maximum absolute atomic E-state index is 12.9. The molecule has 2 heterocycles. The smallest absolute Gasteiger partial charge is 0.243 e. The average Bonchev–Trinajstić information content (AvgIpc) is 2.89. The van der Waals surface area contributed by atoms with Crippen molar-refractivity contribution in [1.82, 2.24) is 9.62 Å². The molecule has 0 unspecified atom stereocenters. The molecule has 1 N–H and O–H groups in total. The van der Waals surface area contributed by atoms with Crippen molar-refractivity contribution in [1.29, 1.82) is 0 Å². The summed E-state index contributed by atoms with van der Waals surface area (Å²) in [4.78, 5) is 15.6. The maximum atomic E-state index is 12.9. The second kappa shape index (κ2) is 10.8. The number of carbonyl (C=O) groups is 1. The number of nitrogens with one attached hydrogen (secondary N) is 1. The maximum Gasteiger partial charge on any atom is 0.243 e. The summed E-state index contributed by atoms with van der Waals surface area (Å²) in [6.07, 6.45) is 4.83. The number of carbonyl (C=O) groups excluding carboxylic acids is 1. The van der Waals surface area contributed by atoms with Gasteiger partial charge < -0.3 is 15.0 Å². The van der Waals surface area contributed by atoms with Gasteiger partial charge in [0.2, 0.25) is 15.9 Å². The first kappa shape index (κ1) is 24.5. The summed E-state index contributed by atoms with van der Waals surface area (Å²) in [5.74, 6) is 0.427. The first-order valence-electron chi connectivity index (χ1n) is 12.2. The summed E-state index contributed by atoms with van der Waals surface area (Å²) in [5.41, 5.74) is 2.32. The van der Waals surface area contributed by atoms with Crippen molar-refractivity contribution in [2.75, 3.05) is 38.2 Å². The lowest BCUT2D eigenvalue weighted by Crippen LogP contribution is -2.43. The lowest BCUT2D eigenvalue weighted by atomic mass is 9.96. The number of ether oxygens (including phenoxy) is 1. The fourth-order valence-electron chi connectivity index (χ4n) is 4.80. The number of piperidine rings is 2. The van der Waals surface area contributed by atoms with E-state index in [4.69, 9.17) is 4.74 Å². The topological polar surface area (TPSA) is 79.0 Å². The fourth-order valence-corrected chi connectivity index (χ4v) is 6.27. The van der Waals surface area contributed by atoms with Crippen LogP contribution in [0.3, 0.4) is 0 Å². The quantitative estimate of drug-likeness (QED) is 0.642. The van der Waals surface area contributed by atoms with E-state index in [1.165, 1.54) is 29.3 Å². The highest BCUT2D eigenvalue weighted by Gasteiger charge is 2.32. The van der Waals surface area contributed by atoms with Gasteiger partial charge in [0.05, 0.1) is 18.0 Å². The minimum Gasteiger partial charge on any atom is -0.497 e. The van der Waals surface area contributed by atoms with E-state index in [0.29, 0.717) is 31.7 Å². The standard InChI is InChI=1S/C26H35N3O4S/c1-20(21-6-8-23(9-7-21)28-16-4-3-5-17-28)27-26(30)22-14-18-29(19-15-22)34(31,32)25-12-10-24(33-2)11-13-25/h6-13,20,22H,3-5,14-19H2,1-2H3,(H,27,30)/t20-/m1/s1. The number of sulfonamides is 1. The number of nitrogens with zero attached hydrogens (tertiary/aromatic N) is 2. The molecule has 0 spiro atoms. The molecule has 2 aliphatic rings. The van der Waals surface area contributed by atoms with E-state index in [1.807, 2.05) is 6.92 Å². The molecule has 0 aromatic heterocycles. The van der Waals surface area contributed by atoms with E-state index < -0.39 is 10.0 Å². The normalized spacial score (nSPS) is 18.9. The van der Waals surface area contributed by atoms with Gasteiger partial charge in [0.15, 0.2) is 0 Å². The molecule has 8 heteroatoms. The highest BCUT2D eigenvalue weighted by molar-refractivity contribution is 7.89. The van der Waals surface area contributed by atoms with Gasteiger partial charge in [-0.05, 0) is 81.0 Å². The van der Waals surface area contributed by atoms with Crippen molar-refractivity contribution in [3.8, 4) is 5.75 Å². The van der Waals surface area contributed by atoms with Crippen LogP contribution in [0, 0.1) is 5.92 Å². The second-order valence-corrected chi connectivity index (χ2v) is 11.2. The number of amides is 1. The predicted molar refractivity (Wildman–Crippen MR) is 134 cm³/mol. The van der Waals surface area contributed by atoms with Gasteiger partial charge in [0, 0.05) is 37.8 Å². The Morgan fingerprint density at radius 3 is 2.15 bits per heavy atom. The number of hydrogen-bond donors (Lipinski definition) is 1. The Morgan fingerprint density at radius 1 is 0.941 bits per heavy atom. The number of rotatable bonds is 7. The van der Waals surface area contributed by atoms with Crippen LogP contribution in [0.4, 0.5) is 5.69 Å². The third-order valence-corrected chi connectivity index (χ3v) is 8.91. The third-order valence-electron chi connectivity index (χ3n) is 6.99. The van der Waals surface area contributed by atoms with Crippen LogP contribution in [0.1, 0.15) is 50.6 Å². The molecular weight excluding hydrogens is 450 g/mol. The number of methoxy groups -OCH3 is 1. The van der Waals surface area contributed by atoms with E-state index in [0.717, 1.165) is 18.7 Å². The van der Waals surface area contributed by atoms with Crippen LogP contribution in [-0.4, -0.2) is 51.9 Å². The molecule has 0 aliphatic carbocycles. The van der Waals surface area contributed by atoms with Crippen LogP contribution >= 0.6 is 0 Å². The molecule has 2 fully saturated rings. The van der Waals surface area contributed by atoms with Crippen molar-refractivity contribution in [3.05, 3.63) is 54.1 Å². The van der Waals surface area contributed by atoms with Gasteiger partial charge in [-0.2, -0.15) is 4.31 Å². The highest BCUT2D eigenvalue weighted by Crippen LogP contribution is 2.27. The second-order valence-electron chi connectivity index (χ2n) is 9.22. The van der Waals surface area contributed by atoms with Crippen LogP contribution < -0.4 is 15.0 Å². The Kier molecular flexibility index (Phi) is 7.78. The van der Waals surface area contributed by atoms with Crippen molar-refractivity contribution < 1.29 is 17.9 Å². The first-order chi connectivity index (χ1) is 16.4. The molecule has 2 aliphatic heterocycles. The minimum atomic E-state index is -3.57. The molecular formula is C26H35N3O4S. The van der Waals surface area contributed by atoms with E-state index in [2.05, 4.69) is 34.5 Å². The van der Waals surface area contributed by atoms with Crippen molar-refractivity contribution in [3.63, 3.8) is 0 Å². The van der Waals surface area contributed by atoms with Crippen LogP contribution in [0.15, 0.2) is 53.4 Å². The molecule has 2 aromatic rings. The van der Waals surface area contributed by atoms with Crippen molar-refractivity contribution in [2.24, 2.45) is 5.92 Å². The molecule has 184 valence electrons. The van der Waals surface area contributed by atoms with Gasteiger partial charge in [0.25, 0.3) is 0 Å². The summed E-state index contributed by atoms with van der Waals surface area (Å²) in [7, 11) is -2.03. The molecule has 34 heavy (non-hydrogen) atoms. The Hall–Kier alpha value is -2.58. The zero-order valence-corrected chi connectivity index (χ0v) is 20.9. The Labute approximate surface area is 203 Å². The zero-order chi connectivity index (χ0) is 24.1. The molecule has 7 nitrogen and oxygen atoms in total. The Morgan fingerprint density at radius 2 is 1.56 bits per heavy atom. The predicted octanol–water partition coefficient (Wildman–Crippen LogP) is 3.96. The molecule has 0 radical (unpaired) electrons. The highest BCUT2D eigenvalue weighted by atomic mass is 32.2. The number of benzene rings is 2. The Balaban J connectivity index is 1.30. The first-order valence-corrected chi connectivity index (χ1v) is 13.6. The summed E-state index contributed by atoms with van der Waals surface area (Å²) in [6, 6.07) is 14.8. The summed E-state index contributed by atoms with van der Waals surface area (Å²) < 4.78 is 32.5. The van der Waals surface area contributed by atoms with Gasteiger partial charge in [0.1, 0.15) is 5.75 Å². The molecule has 0 bridgehead atoms. The van der Waals surface area contributed by atoms with Gasteiger partial charge in [-0.25, -0.2) is 8.42 Å². The fraction of sp³-hybridized carbons (Fsp3) is 0.500. The number of hydrogen-bond acceptors (Lipinski definition) is 5. The van der Waals surface area contributed by atoms with Gasteiger partial charge in [-0.1, -0.05) is 12.1 Å². The lowest BCUT2D eigenvalue weighted by molar-refractivity contribution is -0.126. The third kappa shape index (κ3) is 5.55. The lowest BCUT2D eigenvalue weighted by Gasteiger charge is -2.31.